The molecule has 5 rings (SSSR count). The fourth-order valence-corrected chi connectivity index (χ4v) is 5.59. The molecule has 2 saturated heterocycles. The van der Waals surface area contributed by atoms with Gasteiger partial charge >= 0.3 is 0 Å². The molecule has 7 heteroatoms. The Morgan fingerprint density at radius 2 is 2.12 bits per heavy atom. The van der Waals surface area contributed by atoms with E-state index in [1.165, 1.54) is 25.0 Å². The van der Waals surface area contributed by atoms with E-state index in [0.29, 0.717) is 24.6 Å². The predicted molar refractivity (Wildman–Crippen MR) is 123 cm³/mol. The van der Waals surface area contributed by atoms with Crippen molar-refractivity contribution in [3.05, 3.63) is 53.9 Å². The van der Waals surface area contributed by atoms with E-state index in [-0.39, 0.29) is 36.0 Å². The second kappa shape index (κ2) is 8.58. The number of likely N-dealkylation sites (tertiary alicyclic amines) is 2. The predicted octanol–water partition coefficient (Wildman–Crippen LogP) is 3.79. The summed E-state index contributed by atoms with van der Waals surface area (Å²) in [5, 5.41) is 0. The Labute approximate surface area is 194 Å². The van der Waals surface area contributed by atoms with E-state index >= 15 is 0 Å². The summed E-state index contributed by atoms with van der Waals surface area (Å²) in [6.07, 6.45) is 8.15. The van der Waals surface area contributed by atoms with Crippen LogP contribution in [0, 0.1) is 17.2 Å². The summed E-state index contributed by atoms with van der Waals surface area (Å²) >= 11 is 0. The van der Waals surface area contributed by atoms with Crippen molar-refractivity contribution in [2.24, 2.45) is 11.3 Å². The molecule has 2 aromatic rings. The number of halogens is 1. The van der Waals surface area contributed by atoms with E-state index in [1.54, 1.807) is 12.1 Å². The van der Waals surface area contributed by atoms with E-state index < -0.39 is 5.41 Å². The number of hydrogen-bond donors (Lipinski definition) is 0. The van der Waals surface area contributed by atoms with Gasteiger partial charge in [0.25, 0.3) is 0 Å². The van der Waals surface area contributed by atoms with Crippen molar-refractivity contribution in [1.82, 2.24) is 19.4 Å². The van der Waals surface area contributed by atoms with Gasteiger partial charge in [-0.2, -0.15) is 0 Å². The average molecular weight is 453 g/mol. The maximum absolute atomic E-state index is 13.9. The van der Waals surface area contributed by atoms with Crippen LogP contribution >= 0.6 is 0 Å². The monoisotopic (exact) mass is 452 g/mol. The Kier molecular flexibility index (Phi) is 5.75. The van der Waals surface area contributed by atoms with Crippen molar-refractivity contribution in [2.75, 3.05) is 26.2 Å². The van der Waals surface area contributed by atoms with Crippen LogP contribution in [0.25, 0.3) is 0 Å². The number of aromatic nitrogens is 2. The molecule has 1 spiro atoms. The number of rotatable bonds is 6. The third kappa shape index (κ3) is 4.30. The number of hydrogen-bond acceptors (Lipinski definition) is 3. The van der Waals surface area contributed by atoms with Gasteiger partial charge in [0.2, 0.25) is 11.8 Å². The van der Waals surface area contributed by atoms with Gasteiger partial charge in [0, 0.05) is 44.3 Å². The van der Waals surface area contributed by atoms with Crippen molar-refractivity contribution in [3.8, 4) is 0 Å². The first kappa shape index (κ1) is 22.1. The normalized spacial score (nSPS) is 25.5. The molecule has 0 unspecified atom stereocenters. The summed E-state index contributed by atoms with van der Waals surface area (Å²) in [7, 11) is 0. The molecule has 1 aromatic heterocycles. The molecule has 0 bridgehead atoms. The molecular formula is C26H33FN4O2. The van der Waals surface area contributed by atoms with Gasteiger partial charge in [-0.25, -0.2) is 9.37 Å². The number of piperidine rings is 1. The van der Waals surface area contributed by atoms with E-state index in [2.05, 4.69) is 18.4 Å². The zero-order valence-electron chi connectivity index (χ0n) is 19.5. The first-order valence-electron chi connectivity index (χ1n) is 12.2. The average Bonchev–Trinajstić information content (AvgIpc) is 3.31. The zero-order valence-corrected chi connectivity index (χ0v) is 19.5. The fraction of sp³-hybridized carbons (Fsp3) is 0.577. The second-order valence-corrected chi connectivity index (χ2v) is 10.4. The van der Waals surface area contributed by atoms with Crippen LogP contribution in [-0.2, 0) is 16.0 Å². The molecule has 3 heterocycles. The quantitative estimate of drug-likeness (QED) is 0.670. The maximum Gasteiger partial charge on any atom is 0.231 e. The van der Waals surface area contributed by atoms with Crippen molar-refractivity contribution in [3.63, 3.8) is 0 Å². The number of nitrogens with zero attached hydrogens (tertiary/aromatic N) is 4. The molecule has 2 atom stereocenters. The highest BCUT2D eigenvalue weighted by molar-refractivity contribution is 5.88. The Bertz CT molecular complexity index is 1050. The number of amides is 2. The molecule has 176 valence electrons. The van der Waals surface area contributed by atoms with Crippen molar-refractivity contribution in [1.29, 1.82) is 0 Å². The van der Waals surface area contributed by atoms with Gasteiger partial charge in [-0.1, -0.05) is 12.1 Å². The van der Waals surface area contributed by atoms with E-state index in [9.17, 15) is 14.0 Å². The number of imidazole rings is 1. The van der Waals surface area contributed by atoms with Crippen molar-refractivity contribution >= 4 is 11.8 Å². The highest BCUT2D eigenvalue weighted by Gasteiger charge is 2.57. The van der Waals surface area contributed by atoms with Crippen LogP contribution in [0.15, 0.2) is 36.8 Å². The van der Waals surface area contributed by atoms with Gasteiger partial charge < -0.3 is 14.4 Å². The minimum Gasteiger partial charge on any atom is -0.342 e. The summed E-state index contributed by atoms with van der Waals surface area (Å²) in [6.45, 7) is 6.75. The van der Waals surface area contributed by atoms with Gasteiger partial charge in [0.05, 0.1) is 23.9 Å². The topological polar surface area (TPSA) is 58.4 Å². The van der Waals surface area contributed by atoms with Gasteiger partial charge in [-0.3, -0.25) is 9.59 Å². The molecule has 6 nitrogen and oxygen atoms in total. The Balaban J connectivity index is 1.43. The lowest BCUT2D eigenvalue weighted by Crippen LogP contribution is -2.53. The third-order valence-corrected chi connectivity index (χ3v) is 7.65. The minimum atomic E-state index is -0.624. The summed E-state index contributed by atoms with van der Waals surface area (Å²) in [4.78, 5) is 35.8. The number of carbonyl (C=O) groups excluding carboxylic acids is 2. The lowest BCUT2D eigenvalue weighted by Gasteiger charge is -2.42. The maximum atomic E-state index is 13.9. The number of benzene rings is 1. The standard InChI is InChI=1S/C26H33FN4O2/c1-18(2)31-15-23(28-17-31)22-14-30(24(32)12-20-5-3-6-21(27)11-20)16-26(22)9-4-10-29(25(26)33)13-19-7-8-19/h3,5-6,11,15,17-19,22H,4,7-10,12-14,16H2,1-2H3/t22-,26+/m0/s1. The smallest absolute Gasteiger partial charge is 0.231 e. The first-order chi connectivity index (χ1) is 15.9. The van der Waals surface area contributed by atoms with E-state index in [4.69, 9.17) is 4.98 Å². The molecule has 3 fully saturated rings. The van der Waals surface area contributed by atoms with Crippen LogP contribution in [0.3, 0.4) is 0 Å². The number of carbonyl (C=O) groups is 2. The first-order valence-corrected chi connectivity index (χ1v) is 12.2. The second-order valence-electron chi connectivity index (χ2n) is 10.4. The molecule has 1 aliphatic carbocycles. The van der Waals surface area contributed by atoms with Gasteiger partial charge in [0.1, 0.15) is 5.82 Å². The van der Waals surface area contributed by atoms with Gasteiger partial charge in [0.15, 0.2) is 0 Å². The van der Waals surface area contributed by atoms with E-state index in [0.717, 1.165) is 31.6 Å². The van der Waals surface area contributed by atoms with Gasteiger partial charge in [-0.15, -0.1) is 0 Å². The summed E-state index contributed by atoms with van der Waals surface area (Å²) in [5.74, 6) is 0.301. The summed E-state index contributed by atoms with van der Waals surface area (Å²) in [6, 6.07) is 6.48. The Hall–Kier alpha value is -2.70. The molecule has 1 saturated carbocycles. The highest BCUT2D eigenvalue weighted by atomic mass is 19.1. The van der Waals surface area contributed by atoms with Crippen LogP contribution in [0.2, 0.25) is 0 Å². The van der Waals surface area contributed by atoms with Crippen LogP contribution in [0.5, 0.6) is 0 Å². The van der Waals surface area contributed by atoms with Crippen molar-refractivity contribution < 1.29 is 14.0 Å². The SMILES string of the molecule is CC(C)n1cnc([C@@H]2CN(C(=O)Cc3cccc(F)c3)C[C@]23CCCN(CC2CC2)C3=O)c1. The molecule has 0 radical (unpaired) electrons. The molecule has 33 heavy (non-hydrogen) atoms. The van der Waals surface area contributed by atoms with Crippen LogP contribution in [0.4, 0.5) is 4.39 Å². The lowest BCUT2D eigenvalue weighted by molar-refractivity contribution is -0.147. The molecule has 0 N–H and O–H groups in total. The largest absolute Gasteiger partial charge is 0.342 e. The zero-order chi connectivity index (χ0) is 23.2. The third-order valence-electron chi connectivity index (χ3n) is 7.65. The highest BCUT2D eigenvalue weighted by Crippen LogP contribution is 2.49. The van der Waals surface area contributed by atoms with Crippen LogP contribution in [0.1, 0.15) is 62.7 Å². The molecule has 2 amide bonds. The Morgan fingerprint density at radius 3 is 2.82 bits per heavy atom. The molecule has 3 aliphatic rings. The Morgan fingerprint density at radius 1 is 1.30 bits per heavy atom. The van der Waals surface area contributed by atoms with Gasteiger partial charge in [-0.05, 0) is 63.1 Å². The fourth-order valence-electron chi connectivity index (χ4n) is 5.59. The summed E-state index contributed by atoms with van der Waals surface area (Å²) < 4.78 is 15.7. The molecular weight excluding hydrogens is 419 g/mol. The molecule has 1 aromatic carbocycles. The van der Waals surface area contributed by atoms with E-state index in [1.807, 2.05) is 22.3 Å². The minimum absolute atomic E-state index is 0.0575. The molecule has 2 aliphatic heterocycles. The van der Waals surface area contributed by atoms with Crippen molar-refractivity contribution in [2.45, 2.75) is 57.9 Å². The van der Waals surface area contributed by atoms with Crippen LogP contribution in [-0.4, -0.2) is 57.3 Å². The summed E-state index contributed by atoms with van der Waals surface area (Å²) in [5.41, 5.74) is 0.930. The van der Waals surface area contributed by atoms with Crippen LogP contribution < -0.4 is 0 Å². The lowest BCUT2D eigenvalue weighted by atomic mass is 9.70.